The van der Waals surface area contributed by atoms with E-state index in [0.29, 0.717) is 0 Å². The van der Waals surface area contributed by atoms with Crippen LogP contribution in [0.25, 0.3) is 0 Å². The number of hydrogen-bond acceptors (Lipinski definition) is 4. The minimum absolute atomic E-state index is 0.0231. The fraction of sp³-hybridized carbons (Fsp3) is 0.588. The Morgan fingerprint density at radius 1 is 1.39 bits per heavy atom. The molecule has 1 aromatic carbocycles. The molecule has 124 valence electrons. The highest BCUT2D eigenvalue weighted by molar-refractivity contribution is 5.79. The molecule has 0 aromatic heterocycles. The molecule has 6 heteroatoms. The molecule has 23 heavy (non-hydrogen) atoms. The molecule has 0 aliphatic heterocycles. The Balaban J connectivity index is 1.55. The molecule has 2 aliphatic rings. The number of rotatable bonds is 6. The number of nitrogens with one attached hydrogen (secondary N) is 1. The highest BCUT2D eigenvalue weighted by atomic mass is 16.6. The smallest absolute Gasteiger partial charge is 0.269 e. The summed E-state index contributed by atoms with van der Waals surface area (Å²) in [6.45, 7) is 2.72. The minimum Gasteiger partial charge on any atom is -0.378 e. The van der Waals surface area contributed by atoms with E-state index in [1.54, 1.807) is 12.1 Å². The molecule has 1 aromatic rings. The van der Waals surface area contributed by atoms with Crippen LogP contribution in [0.4, 0.5) is 5.69 Å². The molecular weight excluding hydrogens is 296 g/mol. The Morgan fingerprint density at radius 2 is 2.09 bits per heavy atom. The number of nitro groups is 1. The van der Waals surface area contributed by atoms with Crippen molar-refractivity contribution in [2.24, 2.45) is 5.41 Å². The summed E-state index contributed by atoms with van der Waals surface area (Å²) >= 11 is 0. The molecule has 0 unspecified atom stereocenters. The van der Waals surface area contributed by atoms with E-state index >= 15 is 0 Å². The monoisotopic (exact) mass is 318 g/mol. The maximum atomic E-state index is 12.2. The summed E-state index contributed by atoms with van der Waals surface area (Å²) in [5.41, 5.74) is 0.985. The van der Waals surface area contributed by atoms with E-state index < -0.39 is 4.92 Å². The number of amides is 1. The van der Waals surface area contributed by atoms with Gasteiger partial charge in [-0.3, -0.25) is 14.9 Å². The van der Waals surface area contributed by atoms with Crippen molar-refractivity contribution >= 4 is 11.6 Å². The van der Waals surface area contributed by atoms with Gasteiger partial charge in [0.05, 0.1) is 17.4 Å². The van der Waals surface area contributed by atoms with Crippen LogP contribution in [0.2, 0.25) is 0 Å². The van der Waals surface area contributed by atoms with Gasteiger partial charge >= 0.3 is 0 Å². The Kier molecular flexibility index (Phi) is 4.35. The standard InChI is InChI=1S/C17H22N2O4/c1-2-23-15-11-14(17(15)8-3-9-17)18-16(20)10-12-4-6-13(7-5-12)19(21)22/h4-7,14-15H,2-3,8-11H2,1H3,(H,18,20)/t14-,15+/m0/s1. The van der Waals surface area contributed by atoms with Crippen LogP contribution in [-0.2, 0) is 16.0 Å². The Hall–Kier alpha value is -1.95. The highest BCUT2D eigenvalue weighted by Gasteiger charge is 2.59. The molecule has 3 rings (SSSR count). The summed E-state index contributed by atoms with van der Waals surface area (Å²) < 4.78 is 5.79. The molecule has 6 nitrogen and oxygen atoms in total. The van der Waals surface area contributed by atoms with Crippen molar-refractivity contribution in [3.05, 3.63) is 39.9 Å². The first kappa shape index (κ1) is 15.9. The molecular formula is C17H22N2O4. The molecule has 2 atom stereocenters. The average Bonchev–Trinajstić information content (AvgIpc) is 2.44. The second-order valence-corrected chi connectivity index (χ2v) is 6.49. The lowest BCUT2D eigenvalue weighted by molar-refractivity contribution is -0.384. The fourth-order valence-electron chi connectivity index (χ4n) is 3.81. The minimum atomic E-state index is -0.438. The first-order valence-corrected chi connectivity index (χ1v) is 8.19. The Labute approximate surface area is 135 Å². The van der Waals surface area contributed by atoms with E-state index in [-0.39, 0.29) is 35.6 Å². The molecule has 0 bridgehead atoms. The van der Waals surface area contributed by atoms with E-state index in [0.717, 1.165) is 31.4 Å². The molecule has 0 saturated heterocycles. The number of nitrogens with zero attached hydrogens (tertiary/aromatic N) is 1. The van der Waals surface area contributed by atoms with Gasteiger partial charge in [0.1, 0.15) is 0 Å². The Morgan fingerprint density at radius 3 is 2.61 bits per heavy atom. The van der Waals surface area contributed by atoms with Crippen molar-refractivity contribution in [2.45, 2.75) is 51.2 Å². The topological polar surface area (TPSA) is 81.5 Å². The van der Waals surface area contributed by atoms with Gasteiger partial charge in [-0.05, 0) is 31.7 Å². The number of non-ortho nitro benzene ring substituents is 1. The summed E-state index contributed by atoms with van der Waals surface area (Å²) in [5.74, 6) is -0.0231. The molecule has 1 spiro atoms. The normalized spacial score (nSPS) is 24.6. The molecule has 2 fully saturated rings. The van der Waals surface area contributed by atoms with Crippen LogP contribution < -0.4 is 5.32 Å². The van der Waals surface area contributed by atoms with E-state index in [4.69, 9.17) is 4.74 Å². The van der Waals surface area contributed by atoms with Gasteiger partial charge in [-0.1, -0.05) is 18.6 Å². The number of nitro benzene ring substituents is 1. The third-order valence-corrected chi connectivity index (χ3v) is 5.28. The predicted molar refractivity (Wildman–Crippen MR) is 85.0 cm³/mol. The zero-order valence-electron chi connectivity index (χ0n) is 13.3. The predicted octanol–water partition coefficient (Wildman–Crippen LogP) is 2.60. The second-order valence-electron chi connectivity index (χ2n) is 6.49. The lowest BCUT2D eigenvalue weighted by Gasteiger charge is -2.61. The first-order chi connectivity index (χ1) is 11.0. The zero-order valence-corrected chi connectivity index (χ0v) is 13.3. The van der Waals surface area contributed by atoms with Gasteiger partial charge in [-0.2, -0.15) is 0 Å². The summed E-state index contributed by atoms with van der Waals surface area (Å²) in [6, 6.07) is 6.36. The third-order valence-electron chi connectivity index (χ3n) is 5.28. The summed E-state index contributed by atoms with van der Waals surface area (Å²) in [5, 5.41) is 13.8. The number of carbonyl (C=O) groups excluding carboxylic acids is 1. The van der Waals surface area contributed by atoms with Crippen LogP contribution in [0.5, 0.6) is 0 Å². The van der Waals surface area contributed by atoms with E-state index in [1.165, 1.54) is 18.6 Å². The fourth-order valence-corrected chi connectivity index (χ4v) is 3.81. The van der Waals surface area contributed by atoms with E-state index in [2.05, 4.69) is 5.32 Å². The van der Waals surface area contributed by atoms with Gasteiger partial charge in [-0.15, -0.1) is 0 Å². The van der Waals surface area contributed by atoms with Gasteiger partial charge in [0.25, 0.3) is 5.69 Å². The maximum absolute atomic E-state index is 12.2. The summed E-state index contributed by atoms with van der Waals surface area (Å²) in [7, 11) is 0. The molecule has 1 amide bonds. The van der Waals surface area contributed by atoms with E-state index in [1.807, 2.05) is 6.92 Å². The van der Waals surface area contributed by atoms with Crippen molar-refractivity contribution < 1.29 is 14.5 Å². The van der Waals surface area contributed by atoms with Gasteiger partial charge in [-0.25, -0.2) is 0 Å². The van der Waals surface area contributed by atoms with Gasteiger partial charge in [0.15, 0.2) is 0 Å². The number of ether oxygens (including phenoxy) is 1. The second kappa shape index (κ2) is 6.28. The van der Waals surface area contributed by atoms with Crippen LogP contribution in [-0.4, -0.2) is 29.6 Å². The molecule has 2 saturated carbocycles. The Bertz CT molecular complexity index is 595. The van der Waals surface area contributed by atoms with Crippen molar-refractivity contribution in [2.75, 3.05) is 6.61 Å². The van der Waals surface area contributed by atoms with Gasteiger partial charge in [0.2, 0.25) is 5.91 Å². The molecule has 0 heterocycles. The van der Waals surface area contributed by atoms with Crippen molar-refractivity contribution in [1.82, 2.24) is 5.32 Å². The summed E-state index contributed by atoms with van der Waals surface area (Å²) in [4.78, 5) is 22.4. The zero-order chi connectivity index (χ0) is 16.4. The van der Waals surface area contributed by atoms with Crippen molar-refractivity contribution in [3.63, 3.8) is 0 Å². The maximum Gasteiger partial charge on any atom is 0.269 e. The average molecular weight is 318 g/mol. The SMILES string of the molecule is CCO[C@@H]1C[C@H](NC(=O)Cc2ccc([N+](=O)[O-])cc2)C12CCC2. The largest absolute Gasteiger partial charge is 0.378 e. The van der Waals surface area contributed by atoms with Crippen LogP contribution in [0.3, 0.4) is 0 Å². The lowest BCUT2D eigenvalue weighted by Crippen LogP contribution is -2.67. The lowest BCUT2D eigenvalue weighted by atomic mass is 9.51. The van der Waals surface area contributed by atoms with Crippen LogP contribution in [0, 0.1) is 15.5 Å². The van der Waals surface area contributed by atoms with Crippen LogP contribution >= 0.6 is 0 Å². The number of benzene rings is 1. The van der Waals surface area contributed by atoms with E-state index in [9.17, 15) is 14.9 Å². The molecule has 1 N–H and O–H groups in total. The summed E-state index contributed by atoms with van der Waals surface area (Å²) in [6.07, 6.45) is 4.88. The van der Waals surface area contributed by atoms with Crippen molar-refractivity contribution in [1.29, 1.82) is 0 Å². The first-order valence-electron chi connectivity index (χ1n) is 8.19. The quantitative estimate of drug-likeness (QED) is 0.645. The molecule has 0 radical (unpaired) electrons. The van der Waals surface area contributed by atoms with Gasteiger partial charge < -0.3 is 10.1 Å². The van der Waals surface area contributed by atoms with Crippen LogP contribution in [0.15, 0.2) is 24.3 Å². The third kappa shape index (κ3) is 2.95. The number of hydrogen-bond donors (Lipinski definition) is 1. The van der Waals surface area contributed by atoms with Crippen LogP contribution in [0.1, 0.15) is 38.2 Å². The van der Waals surface area contributed by atoms with Gasteiger partial charge in [0, 0.05) is 30.2 Å². The van der Waals surface area contributed by atoms with Crippen molar-refractivity contribution in [3.8, 4) is 0 Å². The molecule has 2 aliphatic carbocycles. The number of carbonyl (C=O) groups is 1. The highest BCUT2D eigenvalue weighted by Crippen LogP contribution is 2.57.